The molecule has 0 aliphatic carbocycles. The van der Waals surface area contributed by atoms with Gasteiger partial charge in [0, 0.05) is 11.8 Å². The van der Waals surface area contributed by atoms with E-state index in [1.54, 1.807) is 22.6 Å². The Labute approximate surface area is 99.2 Å². The number of hydrogen-bond acceptors (Lipinski definition) is 3. The second-order valence-electron chi connectivity index (χ2n) is 2.66. The van der Waals surface area contributed by atoms with Gasteiger partial charge in [-0.3, -0.25) is 0 Å². The van der Waals surface area contributed by atoms with Crippen molar-refractivity contribution in [2.45, 2.75) is 12.8 Å². The number of hydrogen-bond donors (Lipinski definition) is 0. The van der Waals surface area contributed by atoms with E-state index in [9.17, 15) is 8.78 Å². The second-order valence-corrected chi connectivity index (χ2v) is 3.73. The maximum Gasteiger partial charge on any atom is 0.265 e. The minimum atomic E-state index is -2.63. The first kappa shape index (κ1) is 12.1. The molecule has 0 saturated carbocycles. The monoisotopic (exact) mass is 324 g/mol. The van der Waals surface area contributed by atoms with E-state index in [-0.39, 0.29) is 27.0 Å². The van der Waals surface area contributed by atoms with Crippen molar-refractivity contribution in [3.63, 3.8) is 0 Å². The molecule has 3 nitrogen and oxygen atoms in total. The van der Waals surface area contributed by atoms with Crippen molar-refractivity contribution < 1.29 is 13.5 Å². The number of halogens is 3. The van der Waals surface area contributed by atoms with Gasteiger partial charge < -0.3 is 4.74 Å². The van der Waals surface area contributed by atoms with Crippen molar-refractivity contribution in [2.75, 3.05) is 7.11 Å². The van der Waals surface area contributed by atoms with Crippen LogP contribution in [0.15, 0.2) is 6.20 Å². The molecule has 0 N–H and O–H groups in total. The SMILES string of the molecule is COc1ncc(CC#N)c(C(F)F)c1I. The van der Waals surface area contributed by atoms with Crippen LogP contribution in [-0.4, -0.2) is 12.1 Å². The Morgan fingerprint density at radius 2 is 2.33 bits per heavy atom. The van der Waals surface area contributed by atoms with Gasteiger partial charge in [-0.05, 0) is 28.2 Å². The quantitative estimate of drug-likeness (QED) is 0.803. The van der Waals surface area contributed by atoms with Gasteiger partial charge in [0.2, 0.25) is 5.88 Å². The molecule has 1 heterocycles. The highest BCUT2D eigenvalue weighted by atomic mass is 127. The Bertz CT molecular complexity index is 404. The van der Waals surface area contributed by atoms with Gasteiger partial charge in [-0.2, -0.15) is 5.26 Å². The topological polar surface area (TPSA) is 45.9 Å². The lowest BCUT2D eigenvalue weighted by molar-refractivity contribution is 0.148. The van der Waals surface area contributed by atoms with Gasteiger partial charge in [-0.15, -0.1) is 0 Å². The maximum atomic E-state index is 12.7. The first-order chi connectivity index (χ1) is 7.11. The largest absolute Gasteiger partial charge is 0.480 e. The fraction of sp³-hybridized carbons (Fsp3) is 0.333. The lowest BCUT2D eigenvalue weighted by Gasteiger charge is -2.10. The molecule has 1 aromatic rings. The summed E-state index contributed by atoms with van der Waals surface area (Å²) in [6.45, 7) is 0. The normalized spacial score (nSPS) is 10.1. The zero-order valence-electron chi connectivity index (χ0n) is 7.80. The molecule has 0 bridgehead atoms. The maximum absolute atomic E-state index is 12.7. The van der Waals surface area contributed by atoms with Crippen LogP contribution in [0.2, 0.25) is 0 Å². The highest BCUT2D eigenvalue weighted by Crippen LogP contribution is 2.32. The van der Waals surface area contributed by atoms with Gasteiger partial charge in [-0.25, -0.2) is 13.8 Å². The molecule has 1 aromatic heterocycles. The Kier molecular flexibility index (Phi) is 4.20. The fourth-order valence-corrected chi connectivity index (χ4v) is 2.06. The number of methoxy groups -OCH3 is 1. The molecule has 0 aliphatic heterocycles. The smallest absolute Gasteiger partial charge is 0.265 e. The van der Waals surface area contributed by atoms with E-state index in [1.165, 1.54) is 13.3 Å². The van der Waals surface area contributed by atoms with Crippen LogP contribution in [0.4, 0.5) is 8.78 Å². The zero-order chi connectivity index (χ0) is 11.4. The van der Waals surface area contributed by atoms with Crippen molar-refractivity contribution in [1.82, 2.24) is 4.98 Å². The number of nitriles is 1. The van der Waals surface area contributed by atoms with Gasteiger partial charge in [0.05, 0.1) is 23.2 Å². The first-order valence-electron chi connectivity index (χ1n) is 3.98. The van der Waals surface area contributed by atoms with Crippen molar-refractivity contribution in [2.24, 2.45) is 0 Å². The standard InChI is InChI=1S/C9H7F2IN2O/c1-15-9-7(12)6(8(10)11)5(2-3-13)4-14-9/h4,8H,2H2,1H3. The van der Waals surface area contributed by atoms with Crippen molar-refractivity contribution in [1.29, 1.82) is 5.26 Å². The van der Waals surface area contributed by atoms with Gasteiger partial charge in [0.1, 0.15) is 0 Å². The average Bonchev–Trinajstić information content (AvgIpc) is 2.18. The average molecular weight is 324 g/mol. The van der Waals surface area contributed by atoms with Gasteiger partial charge in [0.15, 0.2) is 0 Å². The van der Waals surface area contributed by atoms with Crippen LogP contribution in [0.3, 0.4) is 0 Å². The Hall–Kier alpha value is -0.970. The van der Waals surface area contributed by atoms with Crippen LogP contribution in [0.1, 0.15) is 17.6 Å². The molecule has 1 rings (SSSR count). The van der Waals surface area contributed by atoms with E-state index in [2.05, 4.69) is 4.98 Å². The summed E-state index contributed by atoms with van der Waals surface area (Å²) in [6, 6.07) is 1.83. The van der Waals surface area contributed by atoms with E-state index in [0.29, 0.717) is 0 Å². The Morgan fingerprint density at radius 3 is 2.80 bits per heavy atom. The number of nitrogens with zero attached hydrogens (tertiary/aromatic N) is 2. The molecule has 0 unspecified atom stereocenters. The molecule has 0 amide bonds. The third-order valence-corrected chi connectivity index (χ3v) is 2.83. The van der Waals surface area contributed by atoms with E-state index < -0.39 is 6.43 Å². The zero-order valence-corrected chi connectivity index (χ0v) is 9.96. The number of ether oxygens (including phenoxy) is 1. The second kappa shape index (κ2) is 5.21. The first-order valence-corrected chi connectivity index (χ1v) is 5.06. The number of pyridine rings is 1. The summed E-state index contributed by atoms with van der Waals surface area (Å²) < 4.78 is 30.6. The number of alkyl halides is 2. The summed E-state index contributed by atoms with van der Waals surface area (Å²) in [7, 11) is 1.36. The van der Waals surface area contributed by atoms with Crippen LogP contribution >= 0.6 is 22.6 Å². The van der Waals surface area contributed by atoms with Crippen molar-refractivity contribution in [3.8, 4) is 11.9 Å². The molecule has 0 atom stereocenters. The minimum Gasteiger partial charge on any atom is -0.480 e. The molecule has 0 fully saturated rings. The van der Waals surface area contributed by atoms with Gasteiger partial charge in [-0.1, -0.05) is 0 Å². The lowest BCUT2D eigenvalue weighted by atomic mass is 10.1. The van der Waals surface area contributed by atoms with Crippen LogP contribution in [0.5, 0.6) is 5.88 Å². The van der Waals surface area contributed by atoms with E-state index in [1.807, 2.05) is 6.07 Å². The van der Waals surface area contributed by atoms with Gasteiger partial charge in [0.25, 0.3) is 6.43 Å². The summed E-state index contributed by atoms with van der Waals surface area (Å²) in [5, 5.41) is 8.49. The molecular weight excluding hydrogens is 317 g/mol. The summed E-state index contributed by atoms with van der Waals surface area (Å²) in [6.07, 6.45) is -1.45. The molecule has 6 heteroatoms. The Morgan fingerprint density at radius 1 is 1.67 bits per heavy atom. The van der Waals surface area contributed by atoms with E-state index in [0.717, 1.165) is 0 Å². The van der Waals surface area contributed by atoms with Crippen molar-refractivity contribution in [3.05, 3.63) is 20.9 Å². The van der Waals surface area contributed by atoms with E-state index >= 15 is 0 Å². The predicted octanol–water partition coefficient (Wildman–Crippen LogP) is 2.70. The highest BCUT2D eigenvalue weighted by molar-refractivity contribution is 14.1. The molecule has 0 spiro atoms. The fourth-order valence-electron chi connectivity index (χ4n) is 1.12. The lowest BCUT2D eigenvalue weighted by Crippen LogP contribution is -2.02. The summed E-state index contributed by atoms with van der Waals surface area (Å²) in [5.74, 6) is 0.160. The molecule has 0 saturated heterocycles. The number of rotatable bonds is 3. The number of aromatic nitrogens is 1. The van der Waals surface area contributed by atoms with Crippen LogP contribution in [0.25, 0.3) is 0 Å². The van der Waals surface area contributed by atoms with Crippen LogP contribution in [-0.2, 0) is 6.42 Å². The molecule has 0 aromatic carbocycles. The van der Waals surface area contributed by atoms with Crippen LogP contribution in [0, 0.1) is 14.9 Å². The van der Waals surface area contributed by atoms with Crippen LogP contribution < -0.4 is 4.74 Å². The molecule has 15 heavy (non-hydrogen) atoms. The summed E-state index contributed by atoms with van der Waals surface area (Å²) in [4.78, 5) is 3.84. The minimum absolute atomic E-state index is 0.0767. The third kappa shape index (κ3) is 2.53. The van der Waals surface area contributed by atoms with E-state index in [4.69, 9.17) is 10.00 Å². The third-order valence-electron chi connectivity index (χ3n) is 1.79. The molecule has 0 aliphatic rings. The predicted molar refractivity (Wildman–Crippen MR) is 57.8 cm³/mol. The molecular formula is C9H7F2IN2O. The summed E-state index contributed by atoms with van der Waals surface area (Å²) in [5.41, 5.74) is 0.0849. The molecule has 0 radical (unpaired) electrons. The summed E-state index contributed by atoms with van der Waals surface area (Å²) >= 11 is 1.74. The van der Waals surface area contributed by atoms with Crippen molar-refractivity contribution >= 4 is 22.6 Å². The Balaban J connectivity index is 3.32. The van der Waals surface area contributed by atoms with Gasteiger partial charge >= 0.3 is 0 Å². The highest BCUT2D eigenvalue weighted by Gasteiger charge is 2.20. The molecule has 80 valence electrons.